The maximum absolute atomic E-state index is 10.3. The van der Waals surface area contributed by atoms with Crippen LogP contribution < -0.4 is 5.73 Å². The second-order valence-electron chi connectivity index (χ2n) is 4.98. The summed E-state index contributed by atoms with van der Waals surface area (Å²) in [7, 11) is 0. The molecule has 0 aliphatic carbocycles. The van der Waals surface area contributed by atoms with Gasteiger partial charge in [0, 0.05) is 0 Å². The molecule has 2 aromatic rings. The predicted octanol–water partition coefficient (Wildman–Crippen LogP) is -2.39. The summed E-state index contributed by atoms with van der Waals surface area (Å²) in [6.07, 6.45) is -2.52. The van der Waals surface area contributed by atoms with Crippen molar-refractivity contribution in [1.29, 1.82) is 0 Å². The quantitative estimate of drug-likeness (QED) is 0.421. The van der Waals surface area contributed by atoms with E-state index in [2.05, 4.69) is 10.1 Å². The van der Waals surface area contributed by atoms with Gasteiger partial charge in [0.2, 0.25) is 0 Å². The number of anilines is 1. The molecule has 9 heteroatoms. The Bertz CT molecular complexity index is 662. The zero-order valence-corrected chi connectivity index (χ0v) is 11.0. The zero-order chi connectivity index (χ0) is 15.2. The Labute approximate surface area is 119 Å². The van der Waals surface area contributed by atoms with Gasteiger partial charge >= 0.3 is 0 Å². The van der Waals surface area contributed by atoms with Crippen LogP contribution in [0.3, 0.4) is 0 Å². The minimum Gasteiger partial charge on any atom is -0.394 e. The maximum Gasteiger partial charge on any atom is 0.162 e. The SMILES string of the molecule is Nc1ncnn2c([C@]3(CO)O[C@H](CO)[C@@H](O)[C@H]3O)ccc12. The van der Waals surface area contributed by atoms with E-state index in [0.717, 1.165) is 0 Å². The van der Waals surface area contributed by atoms with Gasteiger partial charge in [-0.1, -0.05) is 0 Å². The Balaban J connectivity index is 2.17. The summed E-state index contributed by atoms with van der Waals surface area (Å²) >= 11 is 0. The number of aromatic nitrogens is 3. The average Bonchev–Trinajstić information content (AvgIpc) is 3.03. The number of aliphatic hydroxyl groups is 4. The number of hydrogen-bond acceptors (Lipinski definition) is 8. The fraction of sp³-hybridized carbons (Fsp3) is 0.500. The summed E-state index contributed by atoms with van der Waals surface area (Å²) in [5, 5.41) is 43.2. The fourth-order valence-electron chi connectivity index (χ4n) is 2.73. The third-order valence-electron chi connectivity index (χ3n) is 3.87. The first-order valence-corrected chi connectivity index (χ1v) is 6.39. The second-order valence-corrected chi connectivity index (χ2v) is 4.98. The Hall–Kier alpha value is -1.78. The summed E-state index contributed by atoms with van der Waals surface area (Å²) in [5.74, 6) is 0.232. The van der Waals surface area contributed by atoms with Crippen molar-refractivity contribution in [2.45, 2.75) is 23.9 Å². The van der Waals surface area contributed by atoms with Crippen LogP contribution in [0.1, 0.15) is 5.69 Å². The number of hydrogen-bond donors (Lipinski definition) is 5. The number of aliphatic hydroxyl groups excluding tert-OH is 4. The van der Waals surface area contributed by atoms with E-state index < -0.39 is 37.1 Å². The van der Waals surface area contributed by atoms with Crippen LogP contribution in [0.5, 0.6) is 0 Å². The Morgan fingerprint density at radius 1 is 1.33 bits per heavy atom. The highest BCUT2D eigenvalue weighted by Crippen LogP contribution is 2.40. The van der Waals surface area contributed by atoms with Crippen molar-refractivity contribution >= 4 is 11.3 Å². The molecule has 1 fully saturated rings. The molecular weight excluding hydrogens is 280 g/mol. The molecule has 4 atom stereocenters. The summed E-state index contributed by atoms with van der Waals surface area (Å²) in [6, 6.07) is 3.20. The summed E-state index contributed by atoms with van der Waals surface area (Å²) < 4.78 is 6.93. The van der Waals surface area contributed by atoms with Crippen molar-refractivity contribution in [3.8, 4) is 0 Å². The molecule has 0 radical (unpaired) electrons. The van der Waals surface area contributed by atoms with E-state index in [1.165, 1.54) is 10.8 Å². The molecule has 0 spiro atoms. The van der Waals surface area contributed by atoms with Crippen molar-refractivity contribution < 1.29 is 25.2 Å². The molecule has 9 nitrogen and oxygen atoms in total. The number of fused-ring (bicyclic) bond motifs is 1. The van der Waals surface area contributed by atoms with Crippen LogP contribution in [-0.2, 0) is 10.3 Å². The third kappa shape index (κ3) is 1.83. The standard InChI is InChI=1S/C12H16N4O5/c13-11-6-1-2-8(16(6)15-5-14-11)12(4-18)10(20)9(19)7(3-17)21-12/h1-2,5,7,9-10,17-20H,3-4H2,(H2,13,14,15)/t7-,9-,10-,12+/m1/s1. The highest BCUT2D eigenvalue weighted by Gasteiger charge is 2.56. The van der Waals surface area contributed by atoms with Gasteiger partial charge in [-0.05, 0) is 12.1 Å². The lowest BCUT2D eigenvalue weighted by atomic mass is 9.92. The smallest absolute Gasteiger partial charge is 0.162 e. The van der Waals surface area contributed by atoms with E-state index in [-0.39, 0.29) is 5.82 Å². The molecule has 1 aliphatic heterocycles. The molecule has 0 saturated carbocycles. The fourth-order valence-corrected chi connectivity index (χ4v) is 2.73. The number of nitrogen functional groups attached to an aromatic ring is 1. The average molecular weight is 296 g/mol. The Morgan fingerprint density at radius 2 is 2.10 bits per heavy atom. The van der Waals surface area contributed by atoms with E-state index in [0.29, 0.717) is 11.2 Å². The number of ether oxygens (including phenoxy) is 1. The number of rotatable bonds is 3. The Morgan fingerprint density at radius 3 is 2.71 bits per heavy atom. The largest absolute Gasteiger partial charge is 0.394 e. The van der Waals surface area contributed by atoms with Gasteiger partial charge in [-0.3, -0.25) is 0 Å². The zero-order valence-electron chi connectivity index (χ0n) is 11.0. The normalized spacial score (nSPS) is 32.9. The van der Waals surface area contributed by atoms with Crippen molar-refractivity contribution in [2.24, 2.45) is 0 Å². The molecule has 3 rings (SSSR count). The molecule has 0 amide bonds. The first-order chi connectivity index (χ1) is 10.0. The van der Waals surface area contributed by atoms with E-state index in [1.54, 1.807) is 12.1 Å². The lowest BCUT2D eigenvalue weighted by Crippen LogP contribution is -2.44. The van der Waals surface area contributed by atoms with E-state index >= 15 is 0 Å². The van der Waals surface area contributed by atoms with Crippen LogP contribution in [0.15, 0.2) is 18.5 Å². The third-order valence-corrected chi connectivity index (χ3v) is 3.87. The molecule has 6 N–H and O–H groups in total. The molecule has 3 heterocycles. The van der Waals surface area contributed by atoms with Crippen molar-refractivity contribution in [2.75, 3.05) is 18.9 Å². The molecule has 114 valence electrons. The van der Waals surface area contributed by atoms with Gasteiger partial charge in [0.1, 0.15) is 30.2 Å². The minimum absolute atomic E-state index is 0.232. The predicted molar refractivity (Wildman–Crippen MR) is 70.1 cm³/mol. The van der Waals surface area contributed by atoms with Gasteiger partial charge in [0.05, 0.1) is 18.9 Å². The van der Waals surface area contributed by atoms with E-state index in [1.807, 2.05) is 0 Å². The molecule has 1 aliphatic rings. The van der Waals surface area contributed by atoms with Crippen LogP contribution in [-0.4, -0.2) is 66.5 Å². The van der Waals surface area contributed by atoms with Gasteiger partial charge in [-0.25, -0.2) is 9.50 Å². The van der Waals surface area contributed by atoms with Crippen LogP contribution in [0.25, 0.3) is 5.52 Å². The summed E-state index contributed by atoms with van der Waals surface area (Å²) in [4.78, 5) is 3.85. The molecule has 1 saturated heterocycles. The van der Waals surface area contributed by atoms with Gasteiger partial charge < -0.3 is 30.9 Å². The highest BCUT2D eigenvalue weighted by molar-refractivity contribution is 5.65. The van der Waals surface area contributed by atoms with Crippen molar-refractivity contribution in [3.05, 3.63) is 24.2 Å². The first-order valence-electron chi connectivity index (χ1n) is 6.39. The Kier molecular flexibility index (Phi) is 3.30. The minimum atomic E-state index is -1.60. The molecule has 0 bridgehead atoms. The van der Waals surface area contributed by atoms with Crippen LogP contribution in [0, 0.1) is 0 Å². The van der Waals surface area contributed by atoms with Crippen LogP contribution in [0.2, 0.25) is 0 Å². The first kappa shape index (κ1) is 14.2. The summed E-state index contributed by atoms with van der Waals surface area (Å²) in [6.45, 7) is -1.09. The molecule has 21 heavy (non-hydrogen) atoms. The second kappa shape index (κ2) is 4.90. The number of nitrogens with two attached hydrogens (primary N) is 1. The molecule has 0 unspecified atom stereocenters. The lowest BCUT2D eigenvalue weighted by Gasteiger charge is -2.29. The van der Waals surface area contributed by atoms with Crippen LogP contribution >= 0.6 is 0 Å². The monoisotopic (exact) mass is 296 g/mol. The highest BCUT2D eigenvalue weighted by atomic mass is 16.6. The molecule has 2 aromatic heterocycles. The lowest BCUT2D eigenvalue weighted by molar-refractivity contribution is -0.127. The van der Waals surface area contributed by atoms with Gasteiger partial charge in [-0.15, -0.1) is 0 Å². The van der Waals surface area contributed by atoms with Gasteiger partial charge in [0.15, 0.2) is 11.4 Å². The molecular formula is C12H16N4O5. The van der Waals surface area contributed by atoms with Crippen molar-refractivity contribution in [3.63, 3.8) is 0 Å². The maximum atomic E-state index is 10.3. The van der Waals surface area contributed by atoms with Gasteiger partial charge in [0.25, 0.3) is 0 Å². The van der Waals surface area contributed by atoms with Gasteiger partial charge in [-0.2, -0.15) is 5.10 Å². The van der Waals surface area contributed by atoms with Crippen molar-refractivity contribution in [1.82, 2.24) is 14.6 Å². The summed E-state index contributed by atoms with van der Waals surface area (Å²) in [5.41, 5.74) is 4.94. The van der Waals surface area contributed by atoms with E-state index in [9.17, 15) is 20.4 Å². The molecule has 0 aromatic carbocycles. The van der Waals surface area contributed by atoms with Crippen LogP contribution in [0.4, 0.5) is 5.82 Å². The number of nitrogens with zero attached hydrogens (tertiary/aromatic N) is 3. The van der Waals surface area contributed by atoms with E-state index in [4.69, 9.17) is 10.5 Å². The topological polar surface area (TPSA) is 146 Å².